The normalized spacial score (nSPS) is 11.4. The van der Waals surface area contributed by atoms with Gasteiger partial charge in [0.05, 0.1) is 11.9 Å². The molecule has 0 spiro atoms. The first-order chi connectivity index (χ1) is 8.17. The number of hydrogen-bond donors (Lipinski definition) is 2. The molecule has 0 saturated carbocycles. The summed E-state index contributed by atoms with van der Waals surface area (Å²) < 4.78 is 0. The molecular weight excluding hydrogens is 250 g/mol. The van der Waals surface area contributed by atoms with Crippen molar-refractivity contribution in [3.05, 3.63) is 18.3 Å². The Morgan fingerprint density at radius 2 is 2.17 bits per heavy atom. The molecule has 0 aliphatic carbocycles. The second-order valence-corrected chi connectivity index (χ2v) is 4.21. The van der Waals surface area contributed by atoms with Crippen LogP contribution in [0.15, 0.2) is 18.3 Å². The number of carbonyl (C=O) groups is 1. The number of pyridine rings is 1. The van der Waals surface area contributed by atoms with Gasteiger partial charge in [-0.15, -0.1) is 12.4 Å². The van der Waals surface area contributed by atoms with Gasteiger partial charge in [0.1, 0.15) is 5.82 Å². The molecule has 0 radical (unpaired) electrons. The number of anilines is 2. The zero-order chi connectivity index (χ0) is 12.7. The van der Waals surface area contributed by atoms with Crippen molar-refractivity contribution in [3.63, 3.8) is 0 Å². The van der Waals surface area contributed by atoms with Gasteiger partial charge in [-0.05, 0) is 25.0 Å². The first-order valence-corrected chi connectivity index (χ1v) is 6.19. The van der Waals surface area contributed by atoms with E-state index in [9.17, 15) is 4.79 Å². The first kappa shape index (κ1) is 16.7. The van der Waals surface area contributed by atoms with Gasteiger partial charge >= 0.3 is 0 Å². The Hall–Kier alpha value is -1.29. The van der Waals surface area contributed by atoms with Crippen molar-refractivity contribution in [2.45, 2.75) is 39.5 Å². The molecule has 1 amide bonds. The van der Waals surface area contributed by atoms with Crippen LogP contribution < -0.4 is 11.1 Å². The molecule has 4 nitrogen and oxygen atoms in total. The fourth-order valence-electron chi connectivity index (χ4n) is 1.69. The third-order valence-corrected chi connectivity index (χ3v) is 2.82. The van der Waals surface area contributed by atoms with Crippen molar-refractivity contribution in [3.8, 4) is 0 Å². The Balaban J connectivity index is 0.00000289. The lowest BCUT2D eigenvalue weighted by Gasteiger charge is -2.14. The molecule has 0 bridgehead atoms. The van der Waals surface area contributed by atoms with Crippen LogP contribution in [0.2, 0.25) is 0 Å². The van der Waals surface area contributed by atoms with Gasteiger partial charge in [-0.25, -0.2) is 4.98 Å². The number of halogens is 1. The quantitative estimate of drug-likeness (QED) is 0.835. The van der Waals surface area contributed by atoms with E-state index < -0.39 is 0 Å². The topological polar surface area (TPSA) is 68.0 Å². The number of nitrogens with zero attached hydrogens (tertiary/aromatic N) is 1. The predicted molar refractivity (Wildman–Crippen MR) is 77.8 cm³/mol. The molecule has 1 unspecified atom stereocenters. The highest BCUT2D eigenvalue weighted by atomic mass is 35.5. The molecular formula is C13H22ClN3O. The number of amides is 1. The van der Waals surface area contributed by atoms with Crippen LogP contribution in [0, 0.1) is 5.92 Å². The zero-order valence-corrected chi connectivity index (χ0v) is 11.8. The van der Waals surface area contributed by atoms with Gasteiger partial charge in [0.25, 0.3) is 0 Å². The molecule has 102 valence electrons. The number of hydrogen-bond acceptors (Lipinski definition) is 3. The summed E-state index contributed by atoms with van der Waals surface area (Å²) in [5, 5.41) is 2.87. The van der Waals surface area contributed by atoms with Crippen LogP contribution in [-0.2, 0) is 4.79 Å². The van der Waals surface area contributed by atoms with E-state index in [-0.39, 0.29) is 24.2 Å². The maximum atomic E-state index is 12.0. The standard InChI is InChI=1S/C13H21N3O.ClH/c1-3-5-6-10(4-2)13(17)16-11-7-8-12(14)15-9-11;/h7-10H,3-6H2,1-2H3,(H2,14,15)(H,16,17);1H. The van der Waals surface area contributed by atoms with E-state index in [1.807, 2.05) is 6.92 Å². The van der Waals surface area contributed by atoms with E-state index >= 15 is 0 Å². The second-order valence-electron chi connectivity index (χ2n) is 4.21. The van der Waals surface area contributed by atoms with Crippen molar-refractivity contribution >= 4 is 29.8 Å². The van der Waals surface area contributed by atoms with Crippen LogP contribution in [0.5, 0.6) is 0 Å². The van der Waals surface area contributed by atoms with Gasteiger partial charge in [0, 0.05) is 5.92 Å². The van der Waals surface area contributed by atoms with Gasteiger partial charge in [0.15, 0.2) is 0 Å². The number of aromatic nitrogens is 1. The lowest BCUT2D eigenvalue weighted by molar-refractivity contribution is -0.120. The molecule has 0 aromatic carbocycles. The molecule has 1 atom stereocenters. The summed E-state index contributed by atoms with van der Waals surface area (Å²) in [5.74, 6) is 0.626. The summed E-state index contributed by atoms with van der Waals surface area (Å²) in [6.45, 7) is 4.18. The number of nitrogens with two attached hydrogens (primary N) is 1. The molecule has 3 N–H and O–H groups in total. The minimum absolute atomic E-state index is 0. The van der Waals surface area contributed by atoms with Gasteiger partial charge in [0.2, 0.25) is 5.91 Å². The number of rotatable bonds is 6. The van der Waals surface area contributed by atoms with Crippen molar-refractivity contribution in [2.24, 2.45) is 5.92 Å². The predicted octanol–water partition coefficient (Wildman–Crippen LogP) is 3.24. The number of nitrogen functional groups attached to an aromatic ring is 1. The second kappa shape index (κ2) is 8.75. The van der Waals surface area contributed by atoms with Crippen LogP contribution in [0.3, 0.4) is 0 Å². The van der Waals surface area contributed by atoms with Crippen molar-refractivity contribution in [1.82, 2.24) is 4.98 Å². The third kappa shape index (κ3) is 5.36. The summed E-state index contributed by atoms with van der Waals surface area (Å²) in [6, 6.07) is 3.45. The number of unbranched alkanes of at least 4 members (excludes halogenated alkanes) is 1. The zero-order valence-electron chi connectivity index (χ0n) is 11.0. The molecule has 1 aromatic heterocycles. The van der Waals surface area contributed by atoms with E-state index in [1.54, 1.807) is 18.3 Å². The molecule has 1 heterocycles. The highest BCUT2D eigenvalue weighted by molar-refractivity contribution is 5.92. The Morgan fingerprint density at radius 1 is 1.44 bits per heavy atom. The SMILES string of the molecule is CCCCC(CC)C(=O)Nc1ccc(N)nc1.Cl. The summed E-state index contributed by atoms with van der Waals surface area (Å²) in [4.78, 5) is 15.9. The largest absolute Gasteiger partial charge is 0.384 e. The molecule has 18 heavy (non-hydrogen) atoms. The molecule has 0 aliphatic heterocycles. The average molecular weight is 272 g/mol. The van der Waals surface area contributed by atoms with E-state index in [0.29, 0.717) is 11.5 Å². The minimum Gasteiger partial charge on any atom is -0.384 e. The van der Waals surface area contributed by atoms with Crippen LogP contribution in [-0.4, -0.2) is 10.9 Å². The summed E-state index contributed by atoms with van der Waals surface area (Å²) in [6.07, 6.45) is 5.61. The molecule has 0 aliphatic rings. The van der Waals surface area contributed by atoms with E-state index in [2.05, 4.69) is 17.2 Å². The summed E-state index contributed by atoms with van der Waals surface area (Å²) >= 11 is 0. The van der Waals surface area contributed by atoms with Gasteiger partial charge in [-0.3, -0.25) is 4.79 Å². The van der Waals surface area contributed by atoms with Crippen LogP contribution in [0.1, 0.15) is 39.5 Å². The van der Waals surface area contributed by atoms with Gasteiger partial charge in [-0.2, -0.15) is 0 Å². The van der Waals surface area contributed by atoms with Crippen LogP contribution >= 0.6 is 12.4 Å². The highest BCUT2D eigenvalue weighted by Crippen LogP contribution is 2.16. The van der Waals surface area contributed by atoms with E-state index in [1.165, 1.54) is 0 Å². The van der Waals surface area contributed by atoms with Gasteiger partial charge in [-0.1, -0.05) is 26.7 Å². The van der Waals surface area contributed by atoms with Crippen molar-refractivity contribution in [2.75, 3.05) is 11.1 Å². The Kier molecular flexibility index (Phi) is 8.12. The van der Waals surface area contributed by atoms with E-state index in [0.717, 1.165) is 25.7 Å². The fourth-order valence-corrected chi connectivity index (χ4v) is 1.69. The van der Waals surface area contributed by atoms with Crippen LogP contribution in [0.25, 0.3) is 0 Å². The fraction of sp³-hybridized carbons (Fsp3) is 0.538. The van der Waals surface area contributed by atoms with Gasteiger partial charge < -0.3 is 11.1 Å². The van der Waals surface area contributed by atoms with Crippen molar-refractivity contribution in [1.29, 1.82) is 0 Å². The molecule has 0 saturated heterocycles. The maximum Gasteiger partial charge on any atom is 0.227 e. The maximum absolute atomic E-state index is 12.0. The molecule has 1 aromatic rings. The molecule has 0 fully saturated rings. The number of nitrogens with one attached hydrogen (secondary N) is 1. The minimum atomic E-state index is 0. The number of carbonyl (C=O) groups excluding carboxylic acids is 1. The molecule has 1 rings (SSSR count). The highest BCUT2D eigenvalue weighted by Gasteiger charge is 2.15. The van der Waals surface area contributed by atoms with E-state index in [4.69, 9.17) is 5.73 Å². The third-order valence-electron chi connectivity index (χ3n) is 2.82. The monoisotopic (exact) mass is 271 g/mol. The van der Waals surface area contributed by atoms with Crippen LogP contribution in [0.4, 0.5) is 11.5 Å². The Bertz CT molecular complexity index is 354. The summed E-state index contributed by atoms with van der Waals surface area (Å²) in [5.41, 5.74) is 6.19. The lowest BCUT2D eigenvalue weighted by Crippen LogP contribution is -2.22. The first-order valence-electron chi connectivity index (χ1n) is 6.19. The Morgan fingerprint density at radius 3 is 2.67 bits per heavy atom. The summed E-state index contributed by atoms with van der Waals surface area (Å²) in [7, 11) is 0. The van der Waals surface area contributed by atoms with Crippen molar-refractivity contribution < 1.29 is 4.79 Å². The smallest absolute Gasteiger partial charge is 0.227 e. The Labute approximate surface area is 115 Å². The lowest BCUT2D eigenvalue weighted by atomic mass is 9.98. The molecule has 5 heteroatoms. The average Bonchev–Trinajstić information content (AvgIpc) is 2.33.